The molecule has 21 heavy (non-hydrogen) atoms. The van der Waals surface area contributed by atoms with E-state index in [4.69, 9.17) is 11.6 Å². The van der Waals surface area contributed by atoms with Crippen molar-refractivity contribution in [3.8, 4) is 0 Å². The number of benzene rings is 1. The Labute approximate surface area is 133 Å². The number of hydrogen-bond donors (Lipinski definition) is 1. The molecule has 2 aliphatic rings. The molecule has 1 aromatic carbocycles. The van der Waals surface area contributed by atoms with E-state index in [1.54, 1.807) is 0 Å². The summed E-state index contributed by atoms with van der Waals surface area (Å²) in [6.07, 6.45) is 9.25. The highest BCUT2D eigenvalue weighted by molar-refractivity contribution is 6.30. The van der Waals surface area contributed by atoms with Gasteiger partial charge in [0.1, 0.15) is 0 Å². The molecule has 1 atom stereocenters. The molecule has 2 fully saturated rings. The first-order valence-electron chi connectivity index (χ1n) is 8.56. The molecular weight excluding hydrogens is 280 g/mol. The maximum absolute atomic E-state index is 6.30. The van der Waals surface area contributed by atoms with Gasteiger partial charge in [-0.15, -0.1) is 0 Å². The van der Waals surface area contributed by atoms with Crippen LogP contribution in [0.1, 0.15) is 57.4 Å². The Kier molecular flexibility index (Phi) is 5.07. The van der Waals surface area contributed by atoms with Gasteiger partial charge >= 0.3 is 0 Å². The molecule has 3 rings (SSSR count). The molecule has 1 unspecified atom stereocenters. The molecule has 0 aromatic heterocycles. The van der Waals surface area contributed by atoms with E-state index < -0.39 is 0 Å². The van der Waals surface area contributed by atoms with Gasteiger partial charge in [-0.25, -0.2) is 0 Å². The second-order valence-electron chi connectivity index (χ2n) is 6.53. The molecular formula is C18H27ClN2. The first kappa shape index (κ1) is 15.2. The Morgan fingerprint density at radius 1 is 1.19 bits per heavy atom. The SMILES string of the molecule is CCC1CCCCCN1c1cc(Cl)ccc1CNC1CC1. The zero-order valence-corrected chi connectivity index (χ0v) is 13.8. The lowest BCUT2D eigenvalue weighted by Crippen LogP contribution is -2.35. The van der Waals surface area contributed by atoms with Crippen LogP contribution in [0.15, 0.2) is 18.2 Å². The highest BCUT2D eigenvalue weighted by atomic mass is 35.5. The van der Waals surface area contributed by atoms with Crippen molar-refractivity contribution in [1.82, 2.24) is 5.32 Å². The fourth-order valence-corrected chi connectivity index (χ4v) is 3.58. The number of nitrogens with one attached hydrogen (secondary N) is 1. The molecule has 1 saturated carbocycles. The van der Waals surface area contributed by atoms with Crippen molar-refractivity contribution in [2.24, 2.45) is 0 Å². The Hall–Kier alpha value is -0.730. The minimum absolute atomic E-state index is 0.672. The largest absolute Gasteiger partial charge is 0.368 e. The van der Waals surface area contributed by atoms with Gasteiger partial charge in [-0.2, -0.15) is 0 Å². The summed E-state index contributed by atoms with van der Waals surface area (Å²) < 4.78 is 0. The summed E-state index contributed by atoms with van der Waals surface area (Å²) in [4.78, 5) is 2.63. The van der Waals surface area contributed by atoms with Crippen molar-refractivity contribution in [2.45, 2.75) is 70.5 Å². The Balaban J connectivity index is 1.83. The van der Waals surface area contributed by atoms with Gasteiger partial charge in [-0.3, -0.25) is 0 Å². The van der Waals surface area contributed by atoms with Crippen LogP contribution in [-0.4, -0.2) is 18.6 Å². The molecule has 1 saturated heterocycles. The summed E-state index contributed by atoms with van der Waals surface area (Å²) in [6.45, 7) is 4.47. The van der Waals surface area contributed by atoms with Crippen molar-refractivity contribution in [3.05, 3.63) is 28.8 Å². The number of halogens is 1. The van der Waals surface area contributed by atoms with E-state index in [9.17, 15) is 0 Å². The van der Waals surface area contributed by atoms with Crippen LogP contribution in [-0.2, 0) is 6.54 Å². The van der Waals surface area contributed by atoms with Crippen molar-refractivity contribution >= 4 is 17.3 Å². The van der Waals surface area contributed by atoms with Crippen molar-refractivity contribution < 1.29 is 0 Å². The van der Waals surface area contributed by atoms with Crippen molar-refractivity contribution in [1.29, 1.82) is 0 Å². The smallest absolute Gasteiger partial charge is 0.0429 e. The van der Waals surface area contributed by atoms with E-state index in [0.29, 0.717) is 6.04 Å². The minimum Gasteiger partial charge on any atom is -0.368 e. The Morgan fingerprint density at radius 2 is 2.05 bits per heavy atom. The maximum Gasteiger partial charge on any atom is 0.0429 e. The third kappa shape index (κ3) is 3.92. The van der Waals surface area contributed by atoms with Crippen LogP contribution in [0.3, 0.4) is 0 Å². The molecule has 116 valence electrons. The second-order valence-corrected chi connectivity index (χ2v) is 6.97. The zero-order valence-electron chi connectivity index (χ0n) is 13.1. The first-order chi connectivity index (χ1) is 10.3. The topological polar surface area (TPSA) is 15.3 Å². The van der Waals surface area contributed by atoms with Crippen LogP contribution < -0.4 is 10.2 Å². The number of hydrogen-bond acceptors (Lipinski definition) is 2. The van der Waals surface area contributed by atoms with E-state index in [2.05, 4.69) is 29.3 Å². The molecule has 2 nitrogen and oxygen atoms in total. The molecule has 1 aliphatic carbocycles. The standard InChI is InChI=1S/C18H27ClN2/c1-2-17-6-4-3-5-11-21(17)18-12-15(19)8-7-14(18)13-20-16-9-10-16/h7-8,12,16-17,20H,2-6,9-11,13H2,1H3. The third-order valence-electron chi connectivity index (χ3n) is 4.86. The summed E-state index contributed by atoms with van der Waals surface area (Å²) in [5, 5.41) is 4.51. The first-order valence-corrected chi connectivity index (χ1v) is 8.94. The number of nitrogens with zero attached hydrogens (tertiary/aromatic N) is 1. The maximum atomic E-state index is 6.30. The van der Waals surface area contributed by atoms with Gasteiger partial charge in [0.15, 0.2) is 0 Å². The average Bonchev–Trinajstić information content (AvgIpc) is 3.32. The third-order valence-corrected chi connectivity index (χ3v) is 5.10. The molecule has 0 radical (unpaired) electrons. The van der Waals surface area contributed by atoms with Crippen LogP contribution in [0, 0.1) is 0 Å². The normalized spacial score (nSPS) is 23.1. The fourth-order valence-electron chi connectivity index (χ4n) is 3.41. The molecule has 1 N–H and O–H groups in total. The van der Waals surface area contributed by atoms with Gasteiger partial charge in [-0.1, -0.05) is 37.4 Å². The lowest BCUT2D eigenvalue weighted by atomic mass is 10.0. The van der Waals surface area contributed by atoms with Gasteiger partial charge in [0.25, 0.3) is 0 Å². The van der Waals surface area contributed by atoms with Crippen LogP contribution in [0.25, 0.3) is 0 Å². The average molecular weight is 307 g/mol. The summed E-state index contributed by atoms with van der Waals surface area (Å²) in [7, 11) is 0. The molecule has 1 heterocycles. The lowest BCUT2D eigenvalue weighted by molar-refractivity contribution is 0.553. The summed E-state index contributed by atoms with van der Waals surface area (Å²) >= 11 is 6.30. The predicted octanol–water partition coefficient (Wildman–Crippen LogP) is 4.75. The molecule has 3 heteroatoms. The van der Waals surface area contributed by atoms with Gasteiger partial charge < -0.3 is 10.2 Å². The number of anilines is 1. The molecule has 1 aromatic rings. The minimum atomic E-state index is 0.672. The molecule has 0 amide bonds. The monoisotopic (exact) mass is 306 g/mol. The summed E-state index contributed by atoms with van der Waals surface area (Å²) in [6, 6.07) is 7.85. The van der Waals surface area contributed by atoms with Gasteiger partial charge in [0.05, 0.1) is 0 Å². The van der Waals surface area contributed by atoms with E-state index in [1.165, 1.54) is 62.7 Å². The van der Waals surface area contributed by atoms with Gasteiger partial charge in [0, 0.05) is 35.9 Å². The molecule has 0 bridgehead atoms. The van der Waals surface area contributed by atoms with Crippen molar-refractivity contribution in [2.75, 3.05) is 11.4 Å². The molecule has 1 aliphatic heterocycles. The van der Waals surface area contributed by atoms with Crippen molar-refractivity contribution in [3.63, 3.8) is 0 Å². The summed E-state index contributed by atoms with van der Waals surface area (Å²) in [5.74, 6) is 0. The van der Waals surface area contributed by atoms with E-state index in [0.717, 1.165) is 17.6 Å². The van der Waals surface area contributed by atoms with Gasteiger partial charge in [0.2, 0.25) is 0 Å². The summed E-state index contributed by atoms with van der Waals surface area (Å²) in [5.41, 5.74) is 2.77. The highest BCUT2D eigenvalue weighted by Crippen LogP contribution is 2.31. The second kappa shape index (κ2) is 7.02. The fraction of sp³-hybridized carbons (Fsp3) is 0.667. The molecule has 0 spiro atoms. The van der Waals surface area contributed by atoms with Crippen LogP contribution in [0.4, 0.5) is 5.69 Å². The number of rotatable bonds is 5. The van der Waals surface area contributed by atoms with Crippen LogP contribution in [0.2, 0.25) is 5.02 Å². The highest BCUT2D eigenvalue weighted by Gasteiger charge is 2.24. The van der Waals surface area contributed by atoms with E-state index >= 15 is 0 Å². The predicted molar refractivity (Wildman–Crippen MR) is 91.2 cm³/mol. The Morgan fingerprint density at radius 3 is 2.81 bits per heavy atom. The van der Waals surface area contributed by atoms with E-state index in [-0.39, 0.29) is 0 Å². The lowest BCUT2D eigenvalue weighted by Gasteiger charge is -2.33. The Bertz CT molecular complexity index is 470. The van der Waals surface area contributed by atoms with E-state index in [1.807, 2.05) is 6.07 Å². The van der Waals surface area contributed by atoms with Gasteiger partial charge in [-0.05, 0) is 49.8 Å². The quantitative estimate of drug-likeness (QED) is 0.844. The van der Waals surface area contributed by atoms with Crippen LogP contribution >= 0.6 is 11.6 Å². The zero-order chi connectivity index (χ0) is 14.7. The van der Waals surface area contributed by atoms with Crippen LogP contribution in [0.5, 0.6) is 0 Å².